The molecule has 0 aliphatic heterocycles. The average Bonchev–Trinajstić information content (AvgIpc) is 2.33. The summed E-state index contributed by atoms with van der Waals surface area (Å²) >= 11 is 0. The summed E-state index contributed by atoms with van der Waals surface area (Å²) in [4.78, 5) is 22.1. The number of rotatable bonds is 2. The second-order valence-electron chi connectivity index (χ2n) is 4.51. The van der Waals surface area contributed by atoms with Gasteiger partial charge in [0.15, 0.2) is 0 Å². The molecule has 4 heteroatoms. The molecule has 1 fully saturated rings. The summed E-state index contributed by atoms with van der Waals surface area (Å²) < 4.78 is 0. The van der Waals surface area contributed by atoms with Gasteiger partial charge in [0.1, 0.15) is 5.78 Å². The number of carbonyl (C=O) groups excluding carboxylic acids is 2. The molecule has 0 atom stereocenters. The van der Waals surface area contributed by atoms with Crippen LogP contribution in [0.1, 0.15) is 41.6 Å². The average molecular weight is 233 g/mol. The highest BCUT2D eigenvalue weighted by molar-refractivity contribution is 5.92. The Bertz CT molecular complexity index is 440. The first kappa shape index (κ1) is 11.8. The van der Waals surface area contributed by atoms with Crippen LogP contribution < -0.4 is 5.73 Å². The highest BCUT2D eigenvalue weighted by atomic mass is 16.3. The van der Waals surface area contributed by atoms with E-state index in [1.54, 1.807) is 24.3 Å². The summed E-state index contributed by atoms with van der Waals surface area (Å²) in [6.07, 6.45) is 1.71. The maximum Gasteiger partial charge on any atom is 0.248 e. The molecule has 1 aliphatic rings. The van der Waals surface area contributed by atoms with Gasteiger partial charge in [-0.25, -0.2) is 0 Å². The molecule has 90 valence electrons. The van der Waals surface area contributed by atoms with E-state index in [1.807, 2.05) is 0 Å². The summed E-state index contributed by atoms with van der Waals surface area (Å²) in [5.41, 5.74) is 5.37. The maximum absolute atomic E-state index is 11.2. The topological polar surface area (TPSA) is 80.4 Å². The van der Waals surface area contributed by atoms with Crippen LogP contribution in [0.4, 0.5) is 0 Å². The largest absolute Gasteiger partial charge is 0.385 e. The lowest BCUT2D eigenvalue weighted by molar-refractivity contribution is -0.125. The summed E-state index contributed by atoms with van der Waals surface area (Å²) in [6.45, 7) is 0. The van der Waals surface area contributed by atoms with E-state index in [1.165, 1.54) is 0 Å². The maximum atomic E-state index is 11.2. The van der Waals surface area contributed by atoms with Gasteiger partial charge in [-0.3, -0.25) is 9.59 Å². The van der Waals surface area contributed by atoms with Gasteiger partial charge in [-0.05, 0) is 30.5 Å². The zero-order valence-corrected chi connectivity index (χ0v) is 9.48. The van der Waals surface area contributed by atoms with Gasteiger partial charge in [-0.1, -0.05) is 12.1 Å². The molecule has 17 heavy (non-hydrogen) atoms. The molecule has 1 aromatic rings. The Kier molecular flexibility index (Phi) is 2.98. The molecule has 0 heterocycles. The number of aliphatic hydroxyl groups is 1. The minimum absolute atomic E-state index is 0.198. The van der Waals surface area contributed by atoms with Crippen molar-refractivity contribution in [2.75, 3.05) is 0 Å². The number of hydrogen-bond acceptors (Lipinski definition) is 3. The number of benzene rings is 1. The number of primary amides is 1. The third-order valence-corrected chi connectivity index (χ3v) is 3.34. The Hall–Kier alpha value is -1.68. The first-order valence-corrected chi connectivity index (χ1v) is 5.66. The first-order valence-electron chi connectivity index (χ1n) is 5.66. The van der Waals surface area contributed by atoms with Gasteiger partial charge in [-0.15, -0.1) is 0 Å². The van der Waals surface area contributed by atoms with Crippen molar-refractivity contribution in [1.82, 2.24) is 0 Å². The van der Waals surface area contributed by atoms with Crippen LogP contribution in [0, 0.1) is 0 Å². The molecule has 0 saturated heterocycles. The number of Topliss-reactive ketones (excluding diaryl/α,β-unsaturated/α-hetero) is 1. The van der Waals surface area contributed by atoms with E-state index in [0.717, 1.165) is 5.56 Å². The summed E-state index contributed by atoms with van der Waals surface area (Å²) in [7, 11) is 0. The first-order chi connectivity index (χ1) is 8.01. The van der Waals surface area contributed by atoms with Crippen molar-refractivity contribution in [3.63, 3.8) is 0 Å². The number of ketones is 1. The second kappa shape index (κ2) is 4.30. The molecular weight excluding hydrogens is 218 g/mol. The SMILES string of the molecule is NC(=O)c1ccc(C2(O)CCC(=O)CC2)cc1. The fourth-order valence-corrected chi connectivity index (χ4v) is 2.18. The van der Waals surface area contributed by atoms with Crippen molar-refractivity contribution in [3.05, 3.63) is 35.4 Å². The van der Waals surface area contributed by atoms with Crippen molar-refractivity contribution < 1.29 is 14.7 Å². The predicted molar refractivity (Wildman–Crippen MR) is 62.3 cm³/mol. The quantitative estimate of drug-likeness (QED) is 0.803. The van der Waals surface area contributed by atoms with Crippen LogP contribution in [-0.2, 0) is 10.4 Å². The van der Waals surface area contributed by atoms with Crippen molar-refractivity contribution in [3.8, 4) is 0 Å². The van der Waals surface area contributed by atoms with Crippen molar-refractivity contribution in [2.45, 2.75) is 31.3 Å². The van der Waals surface area contributed by atoms with Crippen molar-refractivity contribution >= 4 is 11.7 Å². The third kappa shape index (κ3) is 2.36. The van der Waals surface area contributed by atoms with Crippen LogP contribution >= 0.6 is 0 Å². The highest BCUT2D eigenvalue weighted by Gasteiger charge is 2.33. The molecule has 0 bridgehead atoms. The Morgan fingerprint density at radius 2 is 1.71 bits per heavy atom. The highest BCUT2D eigenvalue weighted by Crippen LogP contribution is 2.35. The number of nitrogens with two attached hydrogens (primary N) is 1. The molecule has 1 saturated carbocycles. The Morgan fingerprint density at radius 3 is 2.18 bits per heavy atom. The monoisotopic (exact) mass is 233 g/mol. The molecular formula is C13H15NO3. The lowest BCUT2D eigenvalue weighted by atomic mass is 9.79. The van der Waals surface area contributed by atoms with Crippen molar-refractivity contribution in [2.24, 2.45) is 5.73 Å². The van der Waals surface area contributed by atoms with Crippen LogP contribution in [-0.4, -0.2) is 16.8 Å². The van der Waals surface area contributed by atoms with Gasteiger partial charge in [0.2, 0.25) is 5.91 Å². The minimum atomic E-state index is -0.940. The molecule has 0 aromatic heterocycles. The summed E-state index contributed by atoms with van der Waals surface area (Å²) in [5.74, 6) is -0.286. The van der Waals surface area contributed by atoms with Gasteiger partial charge < -0.3 is 10.8 Å². The van der Waals surface area contributed by atoms with Crippen LogP contribution in [0.3, 0.4) is 0 Å². The summed E-state index contributed by atoms with van der Waals surface area (Å²) in [6, 6.07) is 6.61. The van der Waals surface area contributed by atoms with E-state index in [0.29, 0.717) is 31.2 Å². The van der Waals surface area contributed by atoms with Gasteiger partial charge in [0, 0.05) is 18.4 Å². The lowest BCUT2D eigenvalue weighted by Crippen LogP contribution is -2.31. The lowest BCUT2D eigenvalue weighted by Gasteiger charge is -2.31. The van der Waals surface area contributed by atoms with E-state index < -0.39 is 11.5 Å². The molecule has 1 aliphatic carbocycles. The predicted octanol–water partition coefficient (Wildman–Crippen LogP) is 1.12. The fourth-order valence-electron chi connectivity index (χ4n) is 2.18. The Morgan fingerprint density at radius 1 is 1.18 bits per heavy atom. The minimum Gasteiger partial charge on any atom is -0.385 e. The normalized spacial score (nSPS) is 19.0. The van der Waals surface area contributed by atoms with Crippen LogP contribution in [0.15, 0.2) is 24.3 Å². The smallest absolute Gasteiger partial charge is 0.248 e. The van der Waals surface area contributed by atoms with Gasteiger partial charge >= 0.3 is 0 Å². The molecule has 2 rings (SSSR count). The van der Waals surface area contributed by atoms with Crippen LogP contribution in [0.25, 0.3) is 0 Å². The van der Waals surface area contributed by atoms with Crippen LogP contribution in [0.2, 0.25) is 0 Å². The van der Waals surface area contributed by atoms with E-state index in [-0.39, 0.29) is 5.78 Å². The Balaban J connectivity index is 2.22. The third-order valence-electron chi connectivity index (χ3n) is 3.34. The van der Waals surface area contributed by atoms with Crippen LogP contribution in [0.5, 0.6) is 0 Å². The van der Waals surface area contributed by atoms with E-state index in [2.05, 4.69) is 0 Å². The Labute approximate surface area is 99.4 Å². The zero-order chi connectivity index (χ0) is 12.5. The molecule has 0 unspecified atom stereocenters. The zero-order valence-electron chi connectivity index (χ0n) is 9.48. The second-order valence-corrected chi connectivity index (χ2v) is 4.51. The van der Waals surface area contributed by atoms with E-state index >= 15 is 0 Å². The van der Waals surface area contributed by atoms with Gasteiger partial charge in [0.25, 0.3) is 0 Å². The molecule has 1 amide bonds. The fraction of sp³-hybridized carbons (Fsp3) is 0.385. The number of carbonyl (C=O) groups is 2. The van der Waals surface area contributed by atoms with Crippen molar-refractivity contribution in [1.29, 1.82) is 0 Å². The van der Waals surface area contributed by atoms with E-state index in [4.69, 9.17) is 5.73 Å². The number of hydrogen-bond donors (Lipinski definition) is 2. The molecule has 4 nitrogen and oxygen atoms in total. The van der Waals surface area contributed by atoms with Gasteiger partial charge in [-0.2, -0.15) is 0 Å². The molecule has 1 aromatic carbocycles. The van der Waals surface area contributed by atoms with Gasteiger partial charge in [0.05, 0.1) is 5.60 Å². The standard InChI is InChI=1S/C13H15NO3/c14-12(16)9-1-3-10(4-2-9)13(17)7-5-11(15)6-8-13/h1-4,17H,5-8H2,(H2,14,16). The molecule has 0 radical (unpaired) electrons. The van der Waals surface area contributed by atoms with E-state index in [9.17, 15) is 14.7 Å². The molecule has 3 N–H and O–H groups in total. The molecule has 0 spiro atoms. The summed E-state index contributed by atoms with van der Waals surface area (Å²) in [5, 5.41) is 10.4. The number of amides is 1.